The van der Waals surface area contributed by atoms with Crippen molar-refractivity contribution >= 4 is 33.2 Å². The van der Waals surface area contributed by atoms with Crippen molar-refractivity contribution in [2.45, 2.75) is 38.3 Å². The highest BCUT2D eigenvalue weighted by Crippen LogP contribution is 2.29. The molecule has 110 valence electrons. The first-order valence-electron chi connectivity index (χ1n) is 7.27. The summed E-state index contributed by atoms with van der Waals surface area (Å²) < 4.78 is 1.07. The average Bonchev–Trinajstić information content (AvgIpc) is 3.18. The summed E-state index contributed by atoms with van der Waals surface area (Å²) in [5.74, 6) is 0.281. The second-order valence-corrected chi connectivity index (χ2v) is 7.21. The van der Waals surface area contributed by atoms with Gasteiger partial charge in [0.2, 0.25) is 5.91 Å². The number of rotatable bonds is 6. The maximum Gasteiger partial charge on any atom is 0.223 e. The molecule has 1 aromatic heterocycles. The number of carbonyl (C=O) groups excluding carboxylic acids is 1. The van der Waals surface area contributed by atoms with Gasteiger partial charge in [0.05, 0.1) is 0 Å². The predicted octanol–water partition coefficient (Wildman–Crippen LogP) is 4.63. The van der Waals surface area contributed by atoms with Crippen LogP contribution in [0.2, 0.25) is 0 Å². The zero-order valence-corrected chi connectivity index (χ0v) is 14.2. The van der Waals surface area contributed by atoms with Crippen LogP contribution in [-0.4, -0.2) is 16.8 Å². The number of carbonyl (C=O) groups is 1. The van der Waals surface area contributed by atoms with E-state index in [1.54, 1.807) is 11.3 Å². The van der Waals surface area contributed by atoms with E-state index in [0.29, 0.717) is 12.5 Å². The minimum atomic E-state index is 0.281. The van der Waals surface area contributed by atoms with Crippen LogP contribution in [-0.2, 0) is 17.8 Å². The zero-order valence-electron chi connectivity index (χ0n) is 11.8. The maximum atomic E-state index is 12.5. The molecule has 2 nitrogen and oxygen atoms in total. The third-order valence-corrected chi connectivity index (χ3v) is 4.98. The summed E-state index contributed by atoms with van der Waals surface area (Å²) in [5.41, 5.74) is 2.46. The van der Waals surface area contributed by atoms with Gasteiger partial charge in [-0.15, -0.1) is 0 Å². The van der Waals surface area contributed by atoms with Crippen LogP contribution in [0, 0.1) is 0 Å². The molecule has 1 fully saturated rings. The Balaban J connectivity index is 1.62. The lowest BCUT2D eigenvalue weighted by atomic mass is 10.1. The van der Waals surface area contributed by atoms with Crippen LogP contribution in [0.25, 0.3) is 0 Å². The fourth-order valence-corrected chi connectivity index (χ4v) is 3.62. The third kappa shape index (κ3) is 4.17. The van der Waals surface area contributed by atoms with E-state index in [9.17, 15) is 4.79 Å². The lowest BCUT2D eigenvalue weighted by Crippen LogP contribution is -2.32. The highest BCUT2D eigenvalue weighted by molar-refractivity contribution is 9.10. The van der Waals surface area contributed by atoms with Crippen molar-refractivity contribution in [1.82, 2.24) is 4.90 Å². The van der Waals surface area contributed by atoms with E-state index in [-0.39, 0.29) is 5.91 Å². The lowest BCUT2D eigenvalue weighted by molar-refractivity contribution is -0.132. The van der Waals surface area contributed by atoms with Crippen molar-refractivity contribution in [3.63, 3.8) is 0 Å². The van der Waals surface area contributed by atoms with Crippen LogP contribution in [0.15, 0.2) is 45.6 Å². The van der Waals surface area contributed by atoms with Crippen LogP contribution < -0.4 is 0 Å². The first kappa shape index (κ1) is 14.8. The summed E-state index contributed by atoms with van der Waals surface area (Å²) in [4.78, 5) is 14.6. The molecule has 3 rings (SSSR count). The Morgan fingerprint density at radius 1 is 1.29 bits per heavy atom. The first-order valence-corrected chi connectivity index (χ1v) is 9.01. The van der Waals surface area contributed by atoms with Gasteiger partial charge in [0.1, 0.15) is 0 Å². The van der Waals surface area contributed by atoms with Crippen LogP contribution in [0.4, 0.5) is 0 Å². The van der Waals surface area contributed by atoms with E-state index < -0.39 is 0 Å². The number of nitrogens with zero attached hydrogens (tertiary/aromatic N) is 1. The largest absolute Gasteiger partial charge is 0.335 e. The van der Waals surface area contributed by atoms with Crippen molar-refractivity contribution in [3.8, 4) is 0 Å². The molecule has 2 aromatic rings. The predicted molar refractivity (Wildman–Crippen MR) is 90.4 cm³/mol. The first-order chi connectivity index (χ1) is 10.2. The number of hydrogen-bond donors (Lipinski definition) is 0. The maximum absolute atomic E-state index is 12.5. The monoisotopic (exact) mass is 363 g/mol. The Morgan fingerprint density at radius 2 is 2.14 bits per heavy atom. The second kappa shape index (κ2) is 6.75. The molecule has 0 spiro atoms. The number of amides is 1. The minimum Gasteiger partial charge on any atom is -0.335 e. The quantitative estimate of drug-likeness (QED) is 0.732. The molecule has 1 aliphatic rings. The van der Waals surface area contributed by atoms with Crippen LogP contribution in [0.3, 0.4) is 0 Å². The van der Waals surface area contributed by atoms with Gasteiger partial charge in [-0.1, -0.05) is 28.1 Å². The Bertz CT molecular complexity index is 607. The molecule has 1 amide bonds. The van der Waals surface area contributed by atoms with Gasteiger partial charge >= 0.3 is 0 Å². The highest BCUT2D eigenvalue weighted by atomic mass is 79.9. The summed E-state index contributed by atoms with van der Waals surface area (Å²) in [6.07, 6.45) is 3.77. The van der Waals surface area contributed by atoms with E-state index in [0.717, 1.165) is 30.3 Å². The van der Waals surface area contributed by atoms with Gasteiger partial charge in [0.15, 0.2) is 0 Å². The van der Waals surface area contributed by atoms with Crippen molar-refractivity contribution in [2.75, 3.05) is 0 Å². The standard InChI is InChI=1S/C17H18BrNOS/c18-15-3-1-2-14(10-15)11-19(16-5-6-16)17(20)7-4-13-8-9-21-12-13/h1-3,8-10,12,16H,4-7,11H2. The number of benzene rings is 1. The Kier molecular flexibility index (Phi) is 4.76. The Morgan fingerprint density at radius 3 is 2.81 bits per heavy atom. The summed E-state index contributed by atoms with van der Waals surface area (Å²) in [7, 11) is 0. The Hall–Kier alpha value is -1.13. The Labute approximate surface area is 137 Å². The van der Waals surface area contributed by atoms with Crippen molar-refractivity contribution in [1.29, 1.82) is 0 Å². The van der Waals surface area contributed by atoms with E-state index >= 15 is 0 Å². The van der Waals surface area contributed by atoms with Crippen molar-refractivity contribution in [2.24, 2.45) is 0 Å². The smallest absolute Gasteiger partial charge is 0.223 e. The fraction of sp³-hybridized carbons (Fsp3) is 0.353. The molecule has 0 unspecified atom stereocenters. The molecular formula is C17H18BrNOS. The van der Waals surface area contributed by atoms with Gasteiger partial charge in [-0.3, -0.25) is 4.79 Å². The molecule has 0 radical (unpaired) electrons. The van der Waals surface area contributed by atoms with Gasteiger partial charge in [-0.2, -0.15) is 11.3 Å². The normalized spacial score (nSPS) is 14.1. The van der Waals surface area contributed by atoms with Crippen molar-refractivity contribution < 1.29 is 4.79 Å². The molecule has 0 aliphatic heterocycles. The van der Waals surface area contributed by atoms with Gasteiger partial charge < -0.3 is 4.90 Å². The topological polar surface area (TPSA) is 20.3 Å². The molecule has 0 N–H and O–H groups in total. The van der Waals surface area contributed by atoms with Gasteiger partial charge in [0, 0.05) is 23.5 Å². The number of aryl methyl sites for hydroxylation is 1. The molecule has 1 heterocycles. The van der Waals surface area contributed by atoms with Crippen LogP contribution in [0.5, 0.6) is 0 Å². The third-order valence-electron chi connectivity index (χ3n) is 3.76. The van der Waals surface area contributed by atoms with Gasteiger partial charge in [-0.05, 0) is 59.3 Å². The number of hydrogen-bond acceptors (Lipinski definition) is 2. The SMILES string of the molecule is O=C(CCc1ccsc1)N(Cc1cccc(Br)c1)C1CC1. The molecule has 1 saturated carbocycles. The highest BCUT2D eigenvalue weighted by Gasteiger charge is 2.32. The fourth-order valence-electron chi connectivity index (χ4n) is 2.47. The summed E-state index contributed by atoms with van der Waals surface area (Å²) in [5, 5.41) is 4.20. The molecule has 1 aromatic carbocycles. The molecule has 4 heteroatoms. The number of thiophene rings is 1. The van der Waals surface area contributed by atoms with E-state index in [1.165, 1.54) is 11.1 Å². The minimum absolute atomic E-state index is 0.281. The second-order valence-electron chi connectivity index (χ2n) is 5.51. The van der Waals surface area contributed by atoms with E-state index in [4.69, 9.17) is 0 Å². The van der Waals surface area contributed by atoms with Crippen LogP contribution in [0.1, 0.15) is 30.4 Å². The van der Waals surface area contributed by atoms with Crippen molar-refractivity contribution in [3.05, 3.63) is 56.7 Å². The average molecular weight is 364 g/mol. The molecule has 0 atom stereocenters. The summed E-state index contributed by atoms with van der Waals surface area (Å²) >= 11 is 5.19. The molecule has 1 aliphatic carbocycles. The van der Waals surface area contributed by atoms with Gasteiger partial charge in [-0.25, -0.2) is 0 Å². The summed E-state index contributed by atoms with van der Waals surface area (Å²) in [6.45, 7) is 0.729. The molecular weight excluding hydrogens is 346 g/mol. The molecule has 21 heavy (non-hydrogen) atoms. The van der Waals surface area contributed by atoms with E-state index in [1.807, 2.05) is 12.1 Å². The zero-order chi connectivity index (χ0) is 14.7. The summed E-state index contributed by atoms with van der Waals surface area (Å²) in [6, 6.07) is 10.8. The van der Waals surface area contributed by atoms with E-state index in [2.05, 4.69) is 49.8 Å². The van der Waals surface area contributed by atoms with Gasteiger partial charge in [0.25, 0.3) is 0 Å². The van der Waals surface area contributed by atoms with Crippen LogP contribution >= 0.6 is 27.3 Å². The number of halogens is 1. The lowest BCUT2D eigenvalue weighted by Gasteiger charge is -2.22. The molecule has 0 bridgehead atoms. The molecule has 0 saturated heterocycles.